The molecule has 0 aliphatic heterocycles. The summed E-state index contributed by atoms with van der Waals surface area (Å²) >= 11 is 0. The normalized spacial score (nSPS) is 13.2. The van der Waals surface area contributed by atoms with Gasteiger partial charge in [0.1, 0.15) is 0 Å². The van der Waals surface area contributed by atoms with Gasteiger partial charge in [0.05, 0.1) is 12.6 Å². The van der Waals surface area contributed by atoms with Gasteiger partial charge in [0.2, 0.25) is 0 Å². The van der Waals surface area contributed by atoms with Crippen LogP contribution in [0.1, 0.15) is 6.42 Å². The Labute approximate surface area is 47.7 Å². The summed E-state index contributed by atoms with van der Waals surface area (Å²) in [5.74, 6) is 0. The molecule has 0 bridgehead atoms. The van der Waals surface area contributed by atoms with Crippen molar-refractivity contribution in [1.82, 2.24) is 0 Å². The van der Waals surface area contributed by atoms with Gasteiger partial charge >= 0.3 is 0 Å². The van der Waals surface area contributed by atoms with E-state index in [0.717, 1.165) is 0 Å². The Morgan fingerprint density at radius 3 is 2.25 bits per heavy atom. The SMILES string of the molecule is N=N[C@@H](CO)CCO. The van der Waals surface area contributed by atoms with E-state index in [1.165, 1.54) is 0 Å². The minimum absolute atomic E-state index is 0.0202. The highest BCUT2D eigenvalue weighted by Crippen LogP contribution is 1.93. The number of aliphatic hydroxyl groups excluding tert-OH is 2. The molecule has 1 atom stereocenters. The second kappa shape index (κ2) is 4.67. The fourth-order valence-corrected chi connectivity index (χ4v) is 0.346. The van der Waals surface area contributed by atoms with Gasteiger partial charge in [-0.2, -0.15) is 5.11 Å². The third-order valence-corrected chi connectivity index (χ3v) is 0.856. The van der Waals surface area contributed by atoms with Crippen LogP contribution in [0.4, 0.5) is 0 Å². The lowest BCUT2D eigenvalue weighted by molar-refractivity contribution is 0.217. The Balaban J connectivity index is 3.21. The van der Waals surface area contributed by atoms with Crippen molar-refractivity contribution in [1.29, 1.82) is 5.53 Å². The van der Waals surface area contributed by atoms with Crippen LogP contribution < -0.4 is 0 Å². The Bertz CT molecular complexity index is 67.1. The van der Waals surface area contributed by atoms with Gasteiger partial charge in [-0.1, -0.05) is 0 Å². The summed E-state index contributed by atoms with van der Waals surface area (Å²) in [4.78, 5) is 0. The Morgan fingerprint density at radius 2 is 2.12 bits per heavy atom. The van der Waals surface area contributed by atoms with E-state index in [9.17, 15) is 0 Å². The first kappa shape index (κ1) is 7.52. The molecule has 0 aromatic heterocycles. The number of hydrogen-bond acceptors (Lipinski definition) is 4. The molecule has 0 spiro atoms. The highest BCUT2D eigenvalue weighted by Gasteiger charge is 2.00. The number of hydrogen-bond donors (Lipinski definition) is 3. The van der Waals surface area contributed by atoms with Crippen molar-refractivity contribution < 1.29 is 10.2 Å². The molecule has 0 aliphatic rings. The van der Waals surface area contributed by atoms with Gasteiger partial charge in [-0.05, 0) is 6.42 Å². The Morgan fingerprint density at radius 1 is 1.50 bits per heavy atom. The second-order valence-electron chi connectivity index (χ2n) is 1.48. The molecule has 8 heavy (non-hydrogen) atoms. The summed E-state index contributed by atoms with van der Waals surface area (Å²) in [7, 11) is 0. The van der Waals surface area contributed by atoms with Gasteiger partial charge in [-0.25, -0.2) is 5.53 Å². The fourth-order valence-electron chi connectivity index (χ4n) is 0.346. The quantitative estimate of drug-likeness (QED) is 0.445. The highest BCUT2D eigenvalue weighted by molar-refractivity contribution is 4.58. The van der Waals surface area contributed by atoms with Crippen LogP contribution in [-0.2, 0) is 0 Å². The average Bonchev–Trinajstić information content (AvgIpc) is 1.83. The van der Waals surface area contributed by atoms with Crippen molar-refractivity contribution in [3.8, 4) is 0 Å². The summed E-state index contributed by atoms with van der Waals surface area (Å²) < 4.78 is 0. The molecule has 0 saturated carbocycles. The lowest BCUT2D eigenvalue weighted by atomic mass is 10.2. The van der Waals surface area contributed by atoms with Crippen molar-refractivity contribution in [2.45, 2.75) is 12.5 Å². The van der Waals surface area contributed by atoms with E-state index in [4.69, 9.17) is 15.7 Å². The maximum absolute atomic E-state index is 8.33. The zero-order valence-corrected chi connectivity index (χ0v) is 4.54. The molecule has 48 valence electrons. The Hall–Kier alpha value is -0.480. The van der Waals surface area contributed by atoms with E-state index in [1.807, 2.05) is 0 Å². The summed E-state index contributed by atoms with van der Waals surface area (Å²) in [6.07, 6.45) is 0.375. The first-order chi connectivity index (χ1) is 3.85. The van der Waals surface area contributed by atoms with Crippen LogP contribution in [0.3, 0.4) is 0 Å². The van der Waals surface area contributed by atoms with Crippen molar-refractivity contribution in [2.24, 2.45) is 5.11 Å². The average molecular weight is 118 g/mol. The summed E-state index contributed by atoms with van der Waals surface area (Å²) in [6, 6.07) is -0.403. The minimum atomic E-state index is -0.403. The molecule has 0 fully saturated rings. The molecule has 0 amide bonds. The summed E-state index contributed by atoms with van der Waals surface area (Å²) in [6.45, 7) is -0.169. The van der Waals surface area contributed by atoms with Crippen LogP contribution in [0, 0.1) is 5.53 Å². The van der Waals surface area contributed by atoms with Crippen LogP contribution in [0.5, 0.6) is 0 Å². The maximum atomic E-state index is 8.33. The van der Waals surface area contributed by atoms with Crippen LogP contribution in [0.2, 0.25) is 0 Å². The summed E-state index contributed by atoms with van der Waals surface area (Å²) in [5, 5.41) is 19.6. The van der Waals surface area contributed by atoms with Gasteiger partial charge in [0.25, 0.3) is 0 Å². The third-order valence-electron chi connectivity index (χ3n) is 0.856. The van der Waals surface area contributed by atoms with Crippen molar-refractivity contribution in [3.05, 3.63) is 0 Å². The van der Waals surface area contributed by atoms with E-state index in [1.54, 1.807) is 0 Å². The molecule has 0 unspecified atom stereocenters. The molecule has 3 N–H and O–H groups in total. The van der Waals surface area contributed by atoms with Crippen molar-refractivity contribution >= 4 is 0 Å². The molecule has 4 heteroatoms. The van der Waals surface area contributed by atoms with Crippen molar-refractivity contribution in [3.63, 3.8) is 0 Å². The first-order valence-electron chi connectivity index (χ1n) is 2.43. The van der Waals surface area contributed by atoms with E-state index in [2.05, 4.69) is 5.11 Å². The molecule has 4 nitrogen and oxygen atoms in total. The third kappa shape index (κ3) is 2.65. The molecular formula is C4H10N2O2. The van der Waals surface area contributed by atoms with Gasteiger partial charge in [0.15, 0.2) is 0 Å². The molecular weight excluding hydrogens is 108 g/mol. The molecule has 0 radical (unpaired) electrons. The molecule has 0 saturated heterocycles. The smallest absolute Gasteiger partial charge is 0.0957 e. The zero-order chi connectivity index (χ0) is 6.41. The number of nitrogens with one attached hydrogen (secondary N) is 1. The van der Waals surface area contributed by atoms with E-state index in [-0.39, 0.29) is 13.2 Å². The highest BCUT2D eigenvalue weighted by atomic mass is 16.3. The second-order valence-corrected chi connectivity index (χ2v) is 1.48. The molecule has 0 aromatic rings. The van der Waals surface area contributed by atoms with Crippen LogP contribution in [0.15, 0.2) is 5.11 Å². The summed E-state index contributed by atoms with van der Waals surface area (Å²) in [5.41, 5.74) is 6.42. The topological polar surface area (TPSA) is 76.7 Å². The fraction of sp³-hybridized carbons (Fsp3) is 1.00. The van der Waals surface area contributed by atoms with Gasteiger partial charge < -0.3 is 10.2 Å². The first-order valence-corrected chi connectivity index (χ1v) is 2.43. The largest absolute Gasteiger partial charge is 0.396 e. The van der Waals surface area contributed by atoms with Gasteiger partial charge in [0, 0.05) is 6.61 Å². The Kier molecular flexibility index (Phi) is 4.39. The monoisotopic (exact) mass is 118 g/mol. The number of aliphatic hydroxyl groups is 2. The number of nitrogens with zero attached hydrogens (tertiary/aromatic N) is 1. The van der Waals surface area contributed by atoms with E-state index >= 15 is 0 Å². The molecule has 0 heterocycles. The number of rotatable bonds is 4. The zero-order valence-electron chi connectivity index (χ0n) is 4.54. The van der Waals surface area contributed by atoms with Gasteiger partial charge in [-0.3, -0.25) is 0 Å². The lowest BCUT2D eigenvalue weighted by Crippen LogP contribution is -2.10. The van der Waals surface area contributed by atoms with Gasteiger partial charge in [-0.15, -0.1) is 0 Å². The minimum Gasteiger partial charge on any atom is -0.396 e. The van der Waals surface area contributed by atoms with Crippen LogP contribution in [0.25, 0.3) is 0 Å². The van der Waals surface area contributed by atoms with E-state index in [0.29, 0.717) is 6.42 Å². The molecule has 0 aliphatic carbocycles. The van der Waals surface area contributed by atoms with E-state index < -0.39 is 6.04 Å². The van der Waals surface area contributed by atoms with Crippen LogP contribution >= 0.6 is 0 Å². The lowest BCUT2D eigenvalue weighted by Gasteiger charge is -2.01. The predicted octanol–water partition coefficient (Wildman–Crippen LogP) is -0.239. The standard InChI is InChI=1S/C4H10N2O2/c5-6-4(3-8)1-2-7/h4-5,7-8H,1-3H2/t4-/m1/s1. The van der Waals surface area contributed by atoms with Crippen molar-refractivity contribution in [2.75, 3.05) is 13.2 Å². The molecule has 0 rings (SSSR count). The maximum Gasteiger partial charge on any atom is 0.0957 e. The predicted molar refractivity (Wildman–Crippen MR) is 27.7 cm³/mol. The van der Waals surface area contributed by atoms with Crippen LogP contribution in [-0.4, -0.2) is 29.5 Å². The molecule has 0 aromatic carbocycles.